The van der Waals surface area contributed by atoms with Gasteiger partial charge in [-0.1, -0.05) is 43.3 Å². The summed E-state index contributed by atoms with van der Waals surface area (Å²) >= 11 is 0. The summed E-state index contributed by atoms with van der Waals surface area (Å²) in [5.41, 5.74) is 5.19. The van der Waals surface area contributed by atoms with E-state index in [0.717, 1.165) is 24.2 Å². The zero-order valence-corrected chi connectivity index (χ0v) is 16.0. The van der Waals surface area contributed by atoms with Crippen molar-refractivity contribution >= 4 is 5.91 Å². The SMILES string of the molecule is CCc1ccccc1O[C@H](C)C(=O)N[C@@H](C)c1ccc2c(c1)CCCC2. The standard InChI is InChI=1S/C23H29NO2/c1-4-18-9-7-8-12-22(18)26-17(3)23(25)24-16(2)20-14-13-19-10-5-6-11-21(19)15-20/h7-9,12-17H,4-6,10-11H2,1-3H3,(H,24,25)/t16-,17+/m0/s1. The van der Waals surface area contributed by atoms with Crippen molar-refractivity contribution in [2.75, 3.05) is 0 Å². The fraction of sp³-hybridized carbons (Fsp3) is 0.435. The molecule has 0 saturated carbocycles. The third kappa shape index (κ3) is 4.27. The molecule has 0 radical (unpaired) electrons. The van der Waals surface area contributed by atoms with Gasteiger partial charge in [0.15, 0.2) is 6.10 Å². The van der Waals surface area contributed by atoms with E-state index in [-0.39, 0.29) is 11.9 Å². The first-order valence-corrected chi connectivity index (χ1v) is 9.75. The van der Waals surface area contributed by atoms with Crippen LogP contribution >= 0.6 is 0 Å². The maximum atomic E-state index is 12.6. The molecule has 0 heterocycles. The van der Waals surface area contributed by atoms with Crippen LogP contribution in [0.1, 0.15) is 61.9 Å². The summed E-state index contributed by atoms with van der Waals surface area (Å²) in [7, 11) is 0. The zero-order chi connectivity index (χ0) is 18.5. The Balaban J connectivity index is 1.63. The monoisotopic (exact) mass is 351 g/mol. The Labute approximate surface area is 156 Å². The lowest BCUT2D eigenvalue weighted by atomic mass is 9.89. The molecule has 3 rings (SSSR count). The van der Waals surface area contributed by atoms with E-state index < -0.39 is 6.10 Å². The van der Waals surface area contributed by atoms with Gasteiger partial charge < -0.3 is 10.1 Å². The average molecular weight is 351 g/mol. The molecule has 0 aromatic heterocycles. The minimum absolute atomic E-state index is 0.0257. The quantitative estimate of drug-likeness (QED) is 0.814. The van der Waals surface area contributed by atoms with Crippen molar-refractivity contribution in [3.8, 4) is 5.75 Å². The van der Waals surface area contributed by atoms with Crippen molar-refractivity contribution < 1.29 is 9.53 Å². The highest BCUT2D eigenvalue weighted by atomic mass is 16.5. The Kier molecular flexibility index (Phi) is 5.97. The van der Waals surface area contributed by atoms with Gasteiger partial charge in [-0.3, -0.25) is 4.79 Å². The molecule has 0 bridgehead atoms. The van der Waals surface area contributed by atoms with Crippen molar-refractivity contribution in [3.63, 3.8) is 0 Å². The van der Waals surface area contributed by atoms with E-state index in [1.54, 1.807) is 6.92 Å². The second-order valence-corrected chi connectivity index (χ2v) is 7.19. The number of ether oxygens (including phenoxy) is 1. The summed E-state index contributed by atoms with van der Waals surface area (Å²) < 4.78 is 5.91. The highest BCUT2D eigenvalue weighted by Crippen LogP contribution is 2.25. The largest absolute Gasteiger partial charge is 0.481 e. The summed E-state index contributed by atoms with van der Waals surface area (Å²) in [5, 5.41) is 3.10. The number of para-hydroxylation sites is 1. The van der Waals surface area contributed by atoms with E-state index in [9.17, 15) is 4.79 Å². The lowest BCUT2D eigenvalue weighted by Crippen LogP contribution is -2.38. The summed E-state index contributed by atoms with van der Waals surface area (Å²) in [6.45, 7) is 5.93. The Morgan fingerprint density at radius 2 is 1.81 bits per heavy atom. The van der Waals surface area contributed by atoms with Crippen LogP contribution in [0.15, 0.2) is 42.5 Å². The van der Waals surface area contributed by atoms with Crippen LogP contribution in [0.2, 0.25) is 0 Å². The number of hydrogen-bond donors (Lipinski definition) is 1. The minimum atomic E-state index is -0.525. The summed E-state index contributed by atoms with van der Waals surface area (Å²) in [4.78, 5) is 12.6. The van der Waals surface area contributed by atoms with E-state index >= 15 is 0 Å². The number of fused-ring (bicyclic) bond motifs is 1. The number of amides is 1. The molecule has 138 valence electrons. The van der Waals surface area contributed by atoms with Crippen LogP contribution in [0.5, 0.6) is 5.75 Å². The van der Waals surface area contributed by atoms with Crippen LogP contribution in [0.3, 0.4) is 0 Å². The predicted octanol–water partition coefficient (Wildman–Crippen LogP) is 4.77. The van der Waals surface area contributed by atoms with Crippen molar-refractivity contribution in [2.24, 2.45) is 0 Å². The Morgan fingerprint density at radius 1 is 1.08 bits per heavy atom. The van der Waals surface area contributed by atoms with Crippen molar-refractivity contribution in [1.29, 1.82) is 0 Å². The maximum Gasteiger partial charge on any atom is 0.261 e. The van der Waals surface area contributed by atoms with E-state index in [1.807, 2.05) is 31.2 Å². The van der Waals surface area contributed by atoms with Crippen molar-refractivity contribution in [2.45, 2.75) is 65.0 Å². The van der Waals surface area contributed by atoms with Crippen LogP contribution in [0, 0.1) is 0 Å². The van der Waals surface area contributed by atoms with Crippen LogP contribution in [-0.4, -0.2) is 12.0 Å². The smallest absolute Gasteiger partial charge is 0.261 e. The van der Waals surface area contributed by atoms with Gasteiger partial charge in [0.25, 0.3) is 5.91 Å². The van der Waals surface area contributed by atoms with Gasteiger partial charge in [-0.2, -0.15) is 0 Å². The maximum absolute atomic E-state index is 12.6. The van der Waals surface area contributed by atoms with Crippen molar-refractivity contribution in [3.05, 3.63) is 64.7 Å². The van der Waals surface area contributed by atoms with Gasteiger partial charge >= 0.3 is 0 Å². The molecule has 3 nitrogen and oxygen atoms in total. The van der Waals surface area contributed by atoms with Gasteiger partial charge in [-0.15, -0.1) is 0 Å². The molecule has 1 aliphatic carbocycles. The molecular formula is C23H29NO2. The minimum Gasteiger partial charge on any atom is -0.481 e. The first-order valence-electron chi connectivity index (χ1n) is 9.75. The summed E-state index contributed by atoms with van der Waals surface area (Å²) in [5.74, 6) is 0.709. The number of nitrogens with one attached hydrogen (secondary N) is 1. The molecular weight excluding hydrogens is 322 g/mol. The van der Waals surface area contributed by atoms with Crippen LogP contribution in [0.4, 0.5) is 0 Å². The van der Waals surface area contributed by atoms with Gasteiger partial charge in [-0.05, 0) is 74.3 Å². The van der Waals surface area contributed by atoms with E-state index in [1.165, 1.54) is 36.0 Å². The molecule has 2 aromatic rings. The molecule has 3 heteroatoms. The molecule has 26 heavy (non-hydrogen) atoms. The lowest BCUT2D eigenvalue weighted by molar-refractivity contribution is -0.127. The second-order valence-electron chi connectivity index (χ2n) is 7.19. The third-order valence-electron chi connectivity index (χ3n) is 5.26. The molecule has 1 amide bonds. The number of aryl methyl sites for hydroxylation is 3. The fourth-order valence-corrected chi connectivity index (χ4v) is 3.59. The molecule has 0 spiro atoms. The molecule has 1 aliphatic rings. The zero-order valence-electron chi connectivity index (χ0n) is 16.0. The normalized spacial score (nSPS) is 15.7. The topological polar surface area (TPSA) is 38.3 Å². The molecule has 1 N–H and O–H groups in total. The van der Waals surface area contributed by atoms with E-state index in [0.29, 0.717) is 0 Å². The van der Waals surface area contributed by atoms with Crippen molar-refractivity contribution in [1.82, 2.24) is 5.32 Å². The van der Waals surface area contributed by atoms with Crippen LogP contribution in [0.25, 0.3) is 0 Å². The molecule has 2 aromatic carbocycles. The number of rotatable bonds is 6. The first-order chi connectivity index (χ1) is 12.6. The Morgan fingerprint density at radius 3 is 2.58 bits per heavy atom. The van der Waals surface area contributed by atoms with Gasteiger partial charge in [0.2, 0.25) is 0 Å². The van der Waals surface area contributed by atoms with Gasteiger partial charge in [0.1, 0.15) is 5.75 Å². The van der Waals surface area contributed by atoms with E-state index in [4.69, 9.17) is 4.74 Å². The number of carbonyl (C=O) groups is 1. The highest BCUT2D eigenvalue weighted by Gasteiger charge is 2.19. The summed E-state index contributed by atoms with van der Waals surface area (Å²) in [6, 6.07) is 14.5. The molecule has 0 unspecified atom stereocenters. The highest BCUT2D eigenvalue weighted by molar-refractivity contribution is 5.81. The number of hydrogen-bond acceptors (Lipinski definition) is 2. The molecule has 0 saturated heterocycles. The average Bonchev–Trinajstić information content (AvgIpc) is 2.67. The fourth-order valence-electron chi connectivity index (χ4n) is 3.59. The molecule has 0 fully saturated rings. The number of carbonyl (C=O) groups excluding carboxylic acids is 1. The Bertz CT molecular complexity index is 769. The third-order valence-corrected chi connectivity index (χ3v) is 5.26. The predicted molar refractivity (Wildman–Crippen MR) is 106 cm³/mol. The first kappa shape index (κ1) is 18.5. The van der Waals surface area contributed by atoms with Crippen LogP contribution in [-0.2, 0) is 24.1 Å². The van der Waals surface area contributed by atoms with Crippen LogP contribution < -0.4 is 10.1 Å². The number of benzene rings is 2. The molecule has 0 aliphatic heterocycles. The summed E-state index contributed by atoms with van der Waals surface area (Å²) in [6.07, 6.45) is 5.24. The second kappa shape index (κ2) is 8.39. The van der Waals surface area contributed by atoms with E-state index in [2.05, 4.69) is 30.4 Å². The van der Waals surface area contributed by atoms with Gasteiger partial charge in [-0.25, -0.2) is 0 Å². The lowest BCUT2D eigenvalue weighted by Gasteiger charge is -2.22. The molecule has 2 atom stereocenters. The Hall–Kier alpha value is -2.29. The van der Waals surface area contributed by atoms with Gasteiger partial charge in [0, 0.05) is 0 Å². The van der Waals surface area contributed by atoms with Gasteiger partial charge in [0.05, 0.1) is 6.04 Å².